The van der Waals surface area contributed by atoms with Crippen molar-refractivity contribution in [2.24, 2.45) is 5.41 Å². The molecule has 2 aromatic rings. The standard InChI is InChI=1S/C25H37ClN8O2S/c1-25(2)8-5-17(6-9-25)33-11-12-35-18(15-33)13-19-22(36-19)28-24-32-31-23(37-24)27-16-7-10-34(14-16)21-4-3-20(26)29-30-21/h3-4,16-19,22H,5-15H2,1-2H3,(H,27,31)(H,28,32)/t16?,18-,19?,22?/m1/s1. The third-order valence-corrected chi connectivity index (χ3v) is 9.21. The number of aromatic nitrogens is 4. The molecule has 12 heteroatoms. The Hall–Kier alpha value is -1.79. The highest BCUT2D eigenvalue weighted by Crippen LogP contribution is 2.38. The van der Waals surface area contributed by atoms with Gasteiger partial charge in [-0.2, -0.15) is 0 Å². The van der Waals surface area contributed by atoms with Crippen LogP contribution in [-0.2, 0) is 9.47 Å². The minimum Gasteiger partial charge on any atom is -0.375 e. The summed E-state index contributed by atoms with van der Waals surface area (Å²) < 4.78 is 12.0. The molecule has 3 saturated heterocycles. The highest BCUT2D eigenvalue weighted by atomic mass is 35.5. The van der Waals surface area contributed by atoms with Gasteiger partial charge in [-0.15, -0.1) is 20.4 Å². The molecule has 0 spiro atoms. The quantitative estimate of drug-likeness (QED) is 0.472. The van der Waals surface area contributed by atoms with Gasteiger partial charge >= 0.3 is 0 Å². The zero-order valence-electron chi connectivity index (χ0n) is 21.6. The molecule has 4 fully saturated rings. The van der Waals surface area contributed by atoms with Crippen molar-refractivity contribution in [3.05, 3.63) is 17.3 Å². The number of ether oxygens (including phenoxy) is 2. The molecule has 6 rings (SSSR count). The summed E-state index contributed by atoms with van der Waals surface area (Å²) in [5.74, 6) is 0.845. The molecule has 5 heterocycles. The van der Waals surface area contributed by atoms with Gasteiger partial charge in [0.25, 0.3) is 0 Å². The summed E-state index contributed by atoms with van der Waals surface area (Å²) in [7, 11) is 0. The molecule has 0 bridgehead atoms. The first-order valence-corrected chi connectivity index (χ1v) is 14.7. The fourth-order valence-corrected chi connectivity index (χ4v) is 6.72. The van der Waals surface area contributed by atoms with Crippen LogP contribution < -0.4 is 15.5 Å². The van der Waals surface area contributed by atoms with Gasteiger partial charge in [0.2, 0.25) is 10.3 Å². The first kappa shape index (κ1) is 25.5. The van der Waals surface area contributed by atoms with Crippen LogP contribution in [0.4, 0.5) is 16.1 Å². The molecule has 1 saturated carbocycles. The molecule has 2 N–H and O–H groups in total. The van der Waals surface area contributed by atoms with Crippen molar-refractivity contribution in [3.63, 3.8) is 0 Å². The van der Waals surface area contributed by atoms with Crippen LogP contribution in [0.25, 0.3) is 0 Å². The molecule has 37 heavy (non-hydrogen) atoms. The van der Waals surface area contributed by atoms with Crippen LogP contribution in [-0.4, -0.2) is 88.6 Å². The highest BCUT2D eigenvalue weighted by molar-refractivity contribution is 7.19. The van der Waals surface area contributed by atoms with Gasteiger partial charge in [0, 0.05) is 44.7 Å². The Morgan fingerprint density at radius 3 is 2.62 bits per heavy atom. The second-order valence-corrected chi connectivity index (χ2v) is 12.9. The summed E-state index contributed by atoms with van der Waals surface area (Å²) in [5, 5.41) is 25.7. The second-order valence-electron chi connectivity index (χ2n) is 11.6. The average Bonchev–Trinajstić information content (AvgIpc) is 3.23. The van der Waals surface area contributed by atoms with Crippen LogP contribution in [0.15, 0.2) is 12.1 Å². The molecule has 202 valence electrons. The van der Waals surface area contributed by atoms with E-state index in [1.165, 1.54) is 37.0 Å². The lowest BCUT2D eigenvalue weighted by molar-refractivity contribution is -0.0577. The number of nitrogens with one attached hydrogen (secondary N) is 2. The zero-order chi connectivity index (χ0) is 25.4. The molecule has 0 amide bonds. The maximum Gasteiger partial charge on any atom is 0.209 e. The number of morpholine rings is 1. The lowest BCUT2D eigenvalue weighted by atomic mass is 9.75. The predicted molar refractivity (Wildman–Crippen MR) is 145 cm³/mol. The van der Waals surface area contributed by atoms with Gasteiger partial charge in [0.05, 0.1) is 12.7 Å². The lowest BCUT2D eigenvalue weighted by Gasteiger charge is -2.43. The maximum atomic E-state index is 6.11. The molecule has 4 atom stereocenters. The normalized spacial score (nSPS) is 30.4. The van der Waals surface area contributed by atoms with E-state index in [0.717, 1.165) is 61.7 Å². The van der Waals surface area contributed by atoms with Crippen molar-refractivity contribution in [1.82, 2.24) is 25.3 Å². The Morgan fingerprint density at radius 2 is 1.84 bits per heavy atom. The summed E-state index contributed by atoms with van der Waals surface area (Å²) >= 11 is 7.38. The van der Waals surface area contributed by atoms with Gasteiger partial charge in [0.1, 0.15) is 6.10 Å². The van der Waals surface area contributed by atoms with Crippen molar-refractivity contribution < 1.29 is 9.47 Å². The number of halogens is 1. The number of rotatable bonds is 8. The Bertz CT molecular complexity index is 1050. The van der Waals surface area contributed by atoms with E-state index < -0.39 is 0 Å². The molecule has 0 radical (unpaired) electrons. The predicted octanol–water partition coefficient (Wildman–Crippen LogP) is 3.87. The van der Waals surface area contributed by atoms with Gasteiger partial charge < -0.3 is 25.0 Å². The molecule has 4 aliphatic rings. The van der Waals surface area contributed by atoms with E-state index in [9.17, 15) is 0 Å². The van der Waals surface area contributed by atoms with E-state index in [4.69, 9.17) is 21.1 Å². The van der Waals surface area contributed by atoms with Crippen LogP contribution in [0.2, 0.25) is 5.15 Å². The van der Waals surface area contributed by atoms with Crippen molar-refractivity contribution in [3.8, 4) is 0 Å². The van der Waals surface area contributed by atoms with E-state index in [-0.39, 0.29) is 24.5 Å². The lowest BCUT2D eigenvalue weighted by Crippen LogP contribution is -2.49. The monoisotopic (exact) mass is 548 g/mol. The van der Waals surface area contributed by atoms with Gasteiger partial charge in [-0.3, -0.25) is 4.90 Å². The minimum atomic E-state index is -0.0132. The second kappa shape index (κ2) is 10.8. The smallest absolute Gasteiger partial charge is 0.209 e. The van der Waals surface area contributed by atoms with Crippen LogP contribution >= 0.6 is 22.9 Å². The van der Waals surface area contributed by atoms with E-state index in [1.807, 2.05) is 6.07 Å². The van der Waals surface area contributed by atoms with E-state index in [2.05, 4.69) is 54.7 Å². The first-order valence-electron chi connectivity index (χ1n) is 13.5. The van der Waals surface area contributed by atoms with Crippen LogP contribution in [0.1, 0.15) is 52.4 Å². The topological polar surface area (TPSA) is 104 Å². The number of nitrogens with zero attached hydrogens (tertiary/aromatic N) is 6. The Labute approximate surface area is 227 Å². The van der Waals surface area contributed by atoms with Crippen molar-refractivity contribution in [2.45, 2.75) is 82.9 Å². The highest BCUT2D eigenvalue weighted by Gasteiger charge is 2.43. The van der Waals surface area contributed by atoms with Crippen LogP contribution in [0.3, 0.4) is 0 Å². The number of hydrogen-bond acceptors (Lipinski definition) is 11. The Kier molecular flexibility index (Phi) is 7.41. The van der Waals surface area contributed by atoms with Gasteiger partial charge in [-0.25, -0.2) is 0 Å². The average molecular weight is 549 g/mol. The summed E-state index contributed by atoms with van der Waals surface area (Å²) in [5.41, 5.74) is 0.507. The fraction of sp³-hybridized carbons (Fsp3) is 0.760. The maximum absolute atomic E-state index is 6.11. The summed E-state index contributed by atoms with van der Waals surface area (Å²) in [4.78, 5) is 4.87. The van der Waals surface area contributed by atoms with Gasteiger partial charge in [-0.1, -0.05) is 36.8 Å². The molecular weight excluding hydrogens is 512 g/mol. The van der Waals surface area contributed by atoms with Crippen LogP contribution in [0.5, 0.6) is 0 Å². The number of hydrogen-bond donors (Lipinski definition) is 2. The third-order valence-electron chi connectivity index (χ3n) is 8.22. The molecule has 3 aliphatic heterocycles. The first-order chi connectivity index (χ1) is 17.9. The number of epoxide rings is 1. The summed E-state index contributed by atoms with van der Waals surface area (Å²) in [6.45, 7) is 9.45. The molecular formula is C25H37ClN8O2S. The van der Waals surface area contributed by atoms with Crippen molar-refractivity contribution in [1.29, 1.82) is 0 Å². The molecule has 3 unspecified atom stereocenters. The third kappa shape index (κ3) is 6.44. The SMILES string of the molecule is CC1(C)CCC(N2CCO[C@H](CC3OC3Nc3nnc(NC4CCN(c5ccc(Cl)nn5)C4)s3)C2)CC1. The fourth-order valence-electron chi connectivity index (χ4n) is 5.87. The molecule has 1 aliphatic carbocycles. The summed E-state index contributed by atoms with van der Waals surface area (Å²) in [6, 6.07) is 4.68. The Morgan fingerprint density at radius 1 is 1.03 bits per heavy atom. The van der Waals surface area contributed by atoms with Gasteiger partial charge in [-0.05, 0) is 49.7 Å². The number of anilines is 3. The Balaban J connectivity index is 0.929. The minimum absolute atomic E-state index is 0.0132. The van der Waals surface area contributed by atoms with Crippen molar-refractivity contribution in [2.75, 3.05) is 48.3 Å². The zero-order valence-corrected chi connectivity index (χ0v) is 23.2. The molecule has 10 nitrogen and oxygen atoms in total. The summed E-state index contributed by atoms with van der Waals surface area (Å²) in [6.07, 6.45) is 7.58. The molecule has 0 aromatic carbocycles. The van der Waals surface area contributed by atoms with E-state index in [0.29, 0.717) is 16.6 Å². The van der Waals surface area contributed by atoms with E-state index >= 15 is 0 Å². The van der Waals surface area contributed by atoms with Gasteiger partial charge in [0.15, 0.2) is 17.2 Å². The largest absolute Gasteiger partial charge is 0.375 e. The van der Waals surface area contributed by atoms with Crippen LogP contribution in [0, 0.1) is 5.41 Å². The van der Waals surface area contributed by atoms with Crippen molar-refractivity contribution >= 4 is 39.0 Å². The van der Waals surface area contributed by atoms with E-state index in [1.54, 1.807) is 6.07 Å². The molecule has 2 aromatic heterocycles.